The third kappa shape index (κ3) is 3.59. The van der Waals surface area contributed by atoms with Gasteiger partial charge in [-0.15, -0.1) is 0 Å². The van der Waals surface area contributed by atoms with Gasteiger partial charge in [-0.1, -0.05) is 11.6 Å². The van der Waals surface area contributed by atoms with Gasteiger partial charge in [-0.3, -0.25) is 4.90 Å². The van der Waals surface area contributed by atoms with Crippen molar-refractivity contribution >= 4 is 11.6 Å². The van der Waals surface area contributed by atoms with E-state index in [1.54, 1.807) is 0 Å². The molecular formula is C20H16ClF2N3. The van der Waals surface area contributed by atoms with Crippen molar-refractivity contribution in [2.24, 2.45) is 0 Å². The van der Waals surface area contributed by atoms with Crippen LogP contribution in [-0.4, -0.2) is 21.4 Å². The fraction of sp³-hybridized carbons (Fsp3) is 0.200. The second kappa shape index (κ2) is 7.09. The lowest BCUT2D eigenvalue weighted by atomic mass is 10.1. The van der Waals surface area contributed by atoms with Crippen molar-refractivity contribution in [3.8, 4) is 11.4 Å². The van der Waals surface area contributed by atoms with E-state index in [0.717, 1.165) is 35.9 Å². The molecule has 0 radical (unpaired) electrons. The summed E-state index contributed by atoms with van der Waals surface area (Å²) >= 11 is 5.92. The van der Waals surface area contributed by atoms with Crippen molar-refractivity contribution in [1.82, 2.24) is 14.9 Å². The van der Waals surface area contributed by atoms with Gasteiger partial charge in [0.05, 0.1) is 5.69 Å². The molecule has 0 fully saturated rings. The number of hydrogen-bond donors (Lipinski definition) is 0. The molecule has 2 heterocycles. The number of aromatic nitrogens is 2. The van der Waals surface area contributed by atoms with Crippen LogP contribution in [0.25, 0.3) is 11.4 Å². The lowest BCUT2D eigenvalue weighted by Crippen LogP contribution is -2.31. The molecule has 0 aliphatic carbocycles. The monoisotopic (exact) mass is 371 g/mol. The van der Waals surface area contributed by atoms with E-state index in [0.29, 0.717) is 29.5 Å². The maximum atomic E-state index is 13.9. The Morgan fingerprint density at radius 2 is 1.88 bits per heavy atom. The zero-order chi connectivity index (χ0) is 18.1. The van der Waals surface area contributed by atoms with Crippen molar-refractivity contribution in [3.05, 3.63) is 82.1 Å². The number of fused-ring (bicyclic) bond motifs is 1. The third-order valence-electron chi connectivity index (χ3n) is 4.52. The maximum absolute atomic E-state index is 13.9. The SMILES string of the molecule is Fc1ccc(F)c(CN2CCc3nc(-c4ccc(Cl)cc4)ncc3C2)c1. The molecule has 2 aromatic carbocycles. The number of halogens is 3. The van der Waals surface area contributed by atoms with Crippen LogP contribution in [0.4, 0.5) is 8.78 Å². The van der Waals surface area contributed by atoms with Crippen LogP contribution in [0.5, 0.6) is 0 Å². The van der Waals surface area contributed by atoms with Crippen molar-refractivity contribution in [2.75, 3.05) is 6.54 Å². The Hall–Kier alpha value is -2.37. The number of hydrogen-bond acceptors (Lipinski definition) is 3. The van der Waals surface area contributed by atoms with Gasteiger partial charge >= 0.3 is 0 Å². The summed E-state index contributed by atoms with van der Waals surface area (Å²) in [5.74, 6) is -0.133. The second-order valence-corrected chi connectivity index (χ2v) is 6.81. The predicted octanol–water partition coefficient (Wildman–Crippen LogP) is 4.63. The average Bonchev–Trinajstić information content (AvgIpc) is 2.65. The van der Waals surface area contributed by atoms with Gasteiger partial charge in [-0.2, -0.15) is 0 Å². The fourth-order valence-corrected chi connectivity index (χ4v) is 3.28. The first kappa shape index (κ1) is 17.1. The van der Waals surface area contributed by atoms with Crippen molar-refractivity contribution in [2.45, 2.75) is 19.5 Å². The molecule has 1 aliphatic rings. The van der Waals surface area contributed by atoms with E-state index in [1.807, 2.05) is 30.5 Å². The lowest BCUT2D eigenvalue weighted by Gasteiger charge is -2.28. The van der Waals surface area contributed by atoms with E-state index in [-0.39, 0.29) is 5.82 Å². The Morgan fingerprint density at radius 1 is 1.08 bits per heavy atom. The van der Waals surface area contributed by atoms with Gasteiger partial charge in [0.15, 0.2) is 5.82 Å². The molecule has 0 spiro atoms. The topological polar surface area (TPSA) is 29.0 Å². The Kier molecular flexibility index (Phi) is 4.66. The summed E-state index contributed by atoms with van der Waals surface area (Å²) < 4.78 is 27.2. The second-order valence-electron chi connectivity index (χ2n) is 6.37. The first-order valence-electron chi connectivity index (χ1n) is 8.35. The molecule has 0 saturated heterocycles. The standard InChI is InChI=1S/C20H16ClF2N3/c21-16-3-1-13(2-4-16)20-24-10-15-12-26(8-7-19(15)25-20)11-14-9-17(22)5-6-18(14)23/h1-6,9-10H,7-8,11-12H2. The van der Waals surface area contributed by atoms with Gasteiger partial charge < -0.3 is 0 Å². The van der Waals surface area contributed by atoms with Gasteiger partial charge in [-0.25, -0.2) is 18.7 Å². The highest BCUT2D eigenvalue weighted by Gasteiger charge is 2.20. The van der Waals surface area contributed by atoms with E-state index in [9.17, 15) is 8.78 Å². The number of nitrogens with zero attached hydrogens (tertiary/aromatic N) is 3. The Labute approximate surface area is 155 Å². The van der Waals surface area contributed by atoms with Gasteiger partial charge in [-0.05, 0) is 42.5 Å². The molecule has 0 atom stereocenters. The summed E-state index contributed by atoms with van der Waals surface area (Å²) in [6.45, 7) is 1.72. The third-order valence-corrected chi connectivity index (χ3v) is 4.77. The van der Waals surface area contributed by atoms with E-state index < -0.39 is 5.82 Å². The number of benzene rings is 2. The zero-order valence-corrected chi connectivity index (χ0v) is 14.7. The van der Waals surface area contributed by atoms with Crippen LogP contribution in [-0.2, 0) is 19.5 Å². The molecule has 0 unspecified atom stereocenters. The molecule has 4 rings (SSSR count). The summed E-state index contributed by atoms with van der Waals surface area (Å²) in [5, 5.41) is 0.673. The molecule has 132 valence electrons. The predicted molar refractivity (Wildman–Crippen MR) is 96.7 cm³/mol. The Balaban J connectivity index is 1.52. The quantitative estimate of drug-likeness (QED) is 0.672. The minimum Gasteiger partial charge on any atom is -0.294 e. The molecule has 0 N–H and O–H groups in total. The minimum atomic E-state index is -0.422. The molecule has 1 aromatic heterocycles. The summed E-state index contributed by atoms with van der Waals surface area (Å²) in [7, 11) is 0. The van der Waals surface area contributed by atoms with Crippen LogP contribution < -0.4 is 0 Å². The van der Waals surface area contributed by atoms with Crippen LogP contribution in [0.15, 0.2) is 48.7 Å². The first-order valence-corrected chi connectivity index (χ1v) is 8.73. The van der Waals surface area contributed by atoms with Crippen LogP contribution in [0.1, 0.15) is 16.8 Å². The smallest absolute Gasteiger partial charge is 0.159 e. The largest absolute Gasteiger partial charge is 0.294 e. The van der Waals surface area contributed by atoms with Gasteiger partial charge in [0.1, 0.15) is 11.6 Å². The number of rotatable bonds is 3. The van der Waals surface area contributed by atoms with Crippen molar-refractivity contribution in [3.63, 3.8) is 0 Å². The van der Waals surface area contributed by atoms with Gasteiger partial charge in [0.25, 0.3) is 0 Å². The Bertz CT molecular complexity index is 944. The molecular weight excluding hydrogens is 356 g/mol. The summed E-state index contributed by atoms with van der Waals surface area (Å²) in [6.07, 6.45) is 2.57. The normalized spacial score (nSPS) is 14.3. The van der Waals surface area contributed by atoms with E-state index in [2.05, 4.69) is 14.9 Å². The van der Waals surface area contributed by atoms with E-state index in [1.165, 1.54) is 12.1 Å². The van der Waals surface area contributed by atoms with Gasteiger partial charge in [0, 0.05) is 54.0 Å². The molecule has 0 amide bonds. The Morgan fingerprint density at radius 3 is 2.69 bits per heavy atom. The van der Waals surface area contributed by atoms with Crippen LogP contribution >= 0.6 is 11.6 Å². The van der Waals surface area contributed by atoms with Gasteiger partial charge in [0.2, 0.25) is 0 Å². The molecule has 0 saturated carbocycles. The van der Waals surface area contributed by atoms with Crippen molar-refractivity contribution < 1.29 is 8.78 Å². The minimum absolute atomic E-state index is 0.363. The molecule has 3 aromatic rings. The molecule has 0 bridgehead atoms. The molecule has 1 aliphatic heterocycles. The summed E-state index contributed by atoms with van der Waals surface area (Å²) in [5.41, 5.74) is 3.31. The fourth-order valence-electron chi connectivity index (χ4n) is 3.15. The molecule has 6 heteroatoms. The van der Waals surface area contributed by atoms with Crippen LogP contribution in [0, 0.1) is 11.6 Å². The highest BCUT2D eigenvalue weighted by Crippen LogP contribution is 2.23. The lowest BCUT2D eigenvalue weighted by molar-refractivity contribution is 0.239. The highest BCUT2D eigenvalue weighted by molar-refractivity contribution is 6.30. The summed E-state index contributed by atoms with van der Waals surface area (Å²) in [4.78, 5) is 11.2. The van der Waals surface area contributed by atoms with Crippen LogP contribution in [0.3, 0.4) is 0 Å². The van der Waals surface area contributed by atoms with Crippen molar-refractivity contribution in [1.29, 1.82) is 0 Å². The highest BCUT2D eigenvalue weighted by atomic mass is 35.5. The average molecular weight is 372 g/mol. The van der Waals surface area contributed by atoms with Crippen LogP contribution in [0.2, 0.25) is 5.02 Å². The zero-order valence-electron chi connectivity index (χ0n) is 13.9. The van der Waals surface area contributed by atoms with E-state index in [4.69, 9.17) is 11.6 Å². The van der Waals surface area contributed by atoms with E-state index >= 15 is 0 Å². The molecule has 3 nitrogen and oxygen atoms in total. The maximum Gasteiger partial charge on any atom is 0.159 e. The summed E-state index contributed by atoms with van der Waals surface area (Å²) in [6, 6.07) is 11.0. The molecule has 26 heavy (non-hydrogen) atoms. The first-order chi connectivity index (χ1) is 12.6.